The van der Waals surface area contributed by atoms with E-state index in [1.165, 1.54) is 0 Å². The van der Waals surface area contributed by atoms with Gasteiger partial charge in [0.1, 0.15) is 0 Å². The lowest BCUT2D eigenvalue weighted by molar-refractivity contribution is -0.144. The van der Waals surface area contributed by atoms with Crippen molar-refractivity contribution in [3.8, 4) is 0 Å². The lowest BCUT2D eigenvalue weighted by Crippen LogP contribution is -2.26. The van der Waals surface area contributed by atoms with Crippen LogP contribution in [0.15, 0.2) is 0 Å². The van der Waals surface area contributed by atoms with E-state index in [1.807, 2.05) is 6.92 Å². The number of aliphatic carboxylic acids is 1. The molecule has 1 saturated carbocycles. The van der Waals surface area contributed by atoms with Crippen LogP contribution in [0.4, 0.5) is 0 Å². The van der Waals surface area contributed by atoms with E-state index < -0.39 is 5.97 Å². The molecule has 1 saturated heterocycles. The Hall–Kier alpha value is -0.570. The maximum Gasteiger partial charge on any atom is 0.311 e. The molecular formula is C9H15NO2. The summed E-state index contributed by atoms with van der Waals surface area (Å²) in [4.78, 5) is 13.2. The van der Waals surface area contributed by atoms with Crippen LogP contribution < -0.4 is 0 Å². The average Bonchev–Trinajstić information content (AvgIpc) is 2.79. The van der Waals surface area contributed by atoms with E-state index in [0.29, 0.717) is 12.0 Å². The first-order chi connectivity index (χ1) is 5.56. The Morgan fingerprint density at radius 3 is 2.42 bits per heavy atom. The van der Waals surface area contributed by atoms with Crippen LogP contribution >= 0.6 is 0 Å². The van der Waals surface area contributed by atoms with Gasteiger partial charge in [-0.05, 0) is 19.3 Å². The van der Waals surface area contributed by atoms with Gasteiger partial charge in [-0.25, -0.2) is 0 Å². The molecular weight excluding hydrogens is 154 g/mol. The summed E-state index contributed by atoms with van der Waals surface area (Å²) in [5.74, 6) is -0.225. The highest BCUT2D eigenvalue weighted by Crippen LogP contribution is 2.54. The van der Waals surface area contributed by atoms with Crippen molar-refractivity contribution in [2.45, 2.75) is 26.3 Å². The molecule has 0 aromatic carbocycles. The predicted molar refractivity (Wildman–Crippen MR) is 44.9 cm³/mol. The fourth-order valence-corrected chi connectivity index (χ4v) is 1.95. The fraction of sp³-hybridized carbons (Fsp3) is 0.889. The van der Waals surface area contributed by atoms with Crippen molar-refractivity contribution in [2.24, 2.45) is 11.3 Å². The molecule has 68 valence electrons. The highest BCUT2D eigenvalue weighted by atomic mass is 16.4. The van der Waals surface area contributed by atoms with Gasteiger partial charge in [0, 0.05) is 19.1 Å². The van der Waals surface area contributed by atoms with Crippen LogP contribution in [0.2, 0.25) is 0 Å². The summed E-state index contributed by atoms with van der Waals surface area (Å²) < 4.78 is 0. The maximum atomic E-state index is 10.9. The third-order valence-corrected chi connectivity index (χ3v) is 3.35. The van der Waals surface area contributed by atoms with Gasteiger partial charge in [0.15, 0.2) is 0 Å². The number of nitrogens with zero attached hydrogens (tertiary/aromatic N) is 1. The number of rotatable bonds is 3. The van der Waals surface area contributed by atoms with Crippen LogP contribution in [0.5, 0.6) is 0 Å². The first kappa shape index (κ1) is 8.05. The topological polar surface area (TPSA) is 40.3 Å². The molecule has 0 amide bonds. The zero-order valence-corrected chi connectivity index (χ0v) is 7.58. The minimum absolute atomic E-state index is 0.378. The standard InChI is InChI=1S/C9H15NO2/c1-6-3-9(6,8(11)12)5-10-4-7(10)2/h6-7H,3-5H2,1-2H3,(H,11,12). The van der Waals surface area contributed by atoms with E-state index in [4.69, 9.17) is 5.11 Å². The molecule has 1 aliphatic heterocycles. The highest BCUT2D eigenvalue weighted by Gasteiger charge is 2.59. The molecule has 2 aliphatic rings. The predicted octanol–water partition coefficient (Wildman–Crippen LogP) is 0.801. The summed E-state index contributed by atoms with van der Waals surface area (Å²) in [6.45, 7) is 6.03. The Labute approximate surface area is 72.4 Å². The average molecular weight is 169 g/mol. The summed E-state index contributed by atoms with van der Waals surface area (Å²) >= 11 is 0. The molecule has 4 unspecified atom stereocenters. The van der Waals surface area contributed by atoms with Crippen molar-refractivity contribution in [2.75, 3.05) is 13.1 Å². The number of carboxylic acids is 1. The van der Waals surface area contributed by atoms with Crippen molar-refractivity contribution in [1.82, 2.24) is 4.90 Å². The van der Waals surface area contributed by atoms with Gasteiger partial charge in [-0.3, -0.25) is 9.69 Å². The van der Waals surface area contributed by atoms with Crippen molar-refractivity contribution in [1.29, 1.82) is 0 Å². The van der Waals surface area contributed by atoms with E-state index in [9.17, 15) is 4.79 Å². The second-order valence-electron chi connectivity index (χ2n) is 4.34. The van der Waals surface area contributed by atoms with Gasteiger partial charge in [-0.2, -0.15) is 0 Å². The molecule has 3 heteroatoms. The second kappa shape index (κ2) is 2.22. The van der Waals surface area contributed by atoms with E-state index in [1.54, 1.807) is 0 Å². The van der Waals surface area contributed by atoms with Gasteiger partial charge in [0.05, 0.1) is 5.41 Å². The van der Waals surface area contributed by atoms with Gasteiger partial charge < -0.3 is 5.11 Å². The van der Waals surface area contributed by atoms with Crippen molar-refractivity contribution in [3.05, 3.63) is 0 Å². The van der Waals surface area contributed by atoms with Crippen molar-refractivity contribution < 1.29 is 9.90 Å². The molecule has 2 fully saturated rings. The van der Waals surface area contributed by atoms with Crippen molar-refractivity contribution >= 4 is 5.97 Å². The Kier molecular flexibility index (Phi) is 1.49. The van der Waals surface area contributed by atoms with Gasteiger partial charge in [0.25, 0.3) is 0 Å². The molecule has 1 N–H and O–H groups in total. The molecule has 0 radical (unpaired) electrons. The molecule has 12 heavy (non-hydrogen) atoms. The van der Waals surface area contributed by atoms with E-state index in [-0.39, 0.29) is 5.41 Å². The summed E-state index contributed by atoms with van der Waals surface area (Å²) in [6, 6.07) is 0.619. The molecule has 0 aromatic rings. The molecule has 2 rings (SSSR count). The van der Waals surface area contributed by atoms with Gasteiger partial charge in [-0.15, -0.1) is 0 Å². The first-order valence-corrected chi connectivity index (χ1v) is 4.54. The van der Waals surface area contributed by atoms with Crippen LogP contribution in [-0.2, 0) is 4.79 Å². The Balaban J connectivity index is 1.96. The summed E-state index contributed by atoms with van der Waals surface area (Å²) in [6.07, 6.45) is 0.867. The number of hydrogen-bond acceptors (Lipinski definition) is 2. The summed E-state index contributed by atoms with van der Waals surface area (Å²) in [5, 5.41) is 9.01. The Morgan fingerprint density at radius 1 is 1.67 bits per heavy atom. The van der Waals surface area contributed by atoms with Crippen LogP contribution in [0.1, 0.15) is 20.3 Å². The SMILES string of the molecule is CC1CN1CC1(C(=O)O)CC1C. The summed E-state index contributed by atoms with van der Waals surface area (Å²) in [7, 11) is 0. The third-order valence-electron chi connectivity index (χ3n) is 3.35. The number of carbonyl (C=O) groups is 1. The van der Waals surface area contributed by atoms with Gasteiger partial charge in [-0.1, -0.05) is 6.92 Å². The molecule has 0 aromatic heterocycles. The molecule has 1 aliphatic carbocycles. The monoisotopic (exact) mass is 169 g/mol. The quantitative estimate of drug-likeness (QED) is 0.635. The molecule has 1 heterocycles. The molecule has 3 nitrogen and oxygen atoms in total. The number of hydrogen-bond donors (Lipinski definition) is 1. The van der Waals surface area contributed by atoms with Gasteiger partial charge >= 0.3 is 5.97 Å². The normalized spacial score (nSPS) is 50.3. The molecule has 0 spiro atoms. The summed E-state index contributed by atoms with van der Waals surface area (Å²) in [5.41, 5.74) is -0.384. The Bertz CT molecular complexity index is 229. The van der Waals surface area contributed by atoms with E-state index in [0.717, 1.165) is 19.5 Å². The first-order valence-electron chi connectivity index (χ1n) is 4.54. The third kappa shape index (κ3) is 1.04. The lowest BCUT2D eigenvalue weighted by Gasteiger charge is -2.11. The largest absolute Gasteiger partial charge is 0.481 e. The minimum atomic E-state index is -0.603. The van der Waals surface area contributed by atoms with Crippen LogP contribution in [0.3, 0.4) is 0 Å². The smallest absolute Gasteiger partial charge is 0.311 e. The Morgan fingerprint density at radius 2 is 2.17 bits per heavy atom. The van der Waals surface area contributed by atoms with Crippen LogP contribution in [-0.4, -0.2) is 35.1 Å². The van der Waals surface area contributed by atoms with Crippen LogP contribution in [0.25, 0.3) is 0 Å². The van der Waals surface area contributed by atoms with E-state index in [2.05, 4.69) is 11.8 Å². The minimum Gasteiger partial charge on any atom is -0.481 e. The van der Waals surface area contributed by atoms with Crippen molar-refractivity contribution in [3.63, 3.8) is 0 Å². The maximum absolute atomic E-state index is 10.9. The van der Waals surface area contributed by atoms with Gasteiger partial charge in [0.2, 0.25) is 0 Å². The zero-order chi connectivity index (χ0) is 8.93. The second-order valence-corrected chi connectivity index (χ2v) is 4.34. The lowest BCUT2D eigenvalue weighted by atomic mass is 10.1. The zero-order valence-electron chi connectivity index (χ0n) is 7.58. The fourth-order valence-electron chi connectivity index (χ4n) is 1.95. The number of carboxylic acid groups (broad SMARTS) is 1. The van der Waals surface area contributed by atoms with E-state index >= 15 is 0 Å². The molecule has 4 atom stereocenters. The highest BCUT2D eigenvalue weighted by molar-refractivity contribution is 5.79. The van der Waals surface area contributed by atoms with Crippen LogP contribution in [0, 0.1) is 11.3 Å². The molecule has 0 bridgehead atoms.